The number of aromatic amines is 1. The van der Waals surface area contributed by atoms with E-state index in [0.717, 1.165) is 10.7 Å². The van der Waals surface area contributed by atoms with E-state index in [9.17, 15) is 4.79 Å². The van der Waals surface area contributed by atoms with Crippen LogP contribution in [0.25, 0.3) is 11.5 Å². The van der Waals surface area contributed by atoms with E-state index in [-0.39, 0.29) is 18.3 Å². The highest BCUT2D eigenvalue weighted by molar-refractivity contribution is 7.09. The van der Waals surface area contributed by atoms with Crippen molar-refractivity contribution in [1.29, 1.82) is 0 Å². The van der Waals surface area contributed by atoms with Crippen LogP contribution in [-0.4, -0.2) is 31.1 Å². The van der Waals surface area contributed by atoms with Gasteiger partial charge in [0.05, 0.1) is 17.1 Å². The van der Waals surface area contributed by atoms with Gasteiger partial charge in [0, 0.05) is 17.5 Å². The maximum absolute atomic E-state index is 12.1. The number of carbonyl (C=O) groups is 1. The van der Waals surface area contributed by atoms with Gasteiger partial charge >= 0.3 is 0 Å². The molecule has 23 heavy (non-hydrogen) atoms. The van der Waals surface area contributed by atoms with Gasteiger partial charge in [-0.25, -0.2) is 4.98 Å². The number of anilines is 1. The number of nitrogens with one attached hydrogen (secondary N) is 2. The molecule has 0 aliphatic rings. The van der Waals surface area contributed by atoms with Crippen molar-refractivity contribution in [1.82, 2.24) is 25.1 Å². The Labute approximate surface area is 137 Å². The molecule has 3 aromatic rings. The molecule has 0 aromatic carbocycles. The van der Waals surface area contributed by atoms with Crippen LogP contribution in [-0.2, 0) is 11.2 Å². The first-order valence-corrected chi connectivity index (χ1v) is 8.07. The highest BCUT2D eigenvalue weighted by Crippen LogP contribution is 2.19. The number of carbonyl (C=O) groups excluding carboxylic acids is 1. The number of pyridine rings is 1. The van der Waals surface area contributed by atoms with Gasteiger partial charge in [-0.05, 0) is 12.1 Å². The van der Waals surface area contributed by atoms with Crippen LogP contribution < -0.4 is 5.32 Å². The summed E-state index contributed by atoms with van der Waals surface area (Å²) in [6, 6.07) is 5.49. The van der Waals surface area contributed by atoms with E-state index in [1.807, 2.05) is 23.6 Å². The van der Waals surface area contributed by atoms with Crippen molar-refractivity contribution in [2.45, 2.75) is 26.2 Å². The Hall–Kier alpha value is -2.61. The lowest BCUT2D eigenvalue weighted by atomic mass is 10.2. The Kier molecular flexibility index (Phi) is 4.42. The topological polar surface area (TPSA) is 96.5 Å². The van der Waals surface area contributed by atoms with Gasteiger partial charge in [-0.3, -0.25) is 20.2 Å². The summed E-state index contributed by atoms with van der Waals surface area (Å²) < 4.78 is 0. The molecule has 0 saturated carbocycles. The van der Waals surface area contributed by atoms with Crippen LogP contribution in [0.2, 0.25) is 0 Å². The maximum atomic E-state index is 12.1. The van der Waals surface area contributed by atoms with Gasteiger partial charge in [0.1, 0.15) is 5.69 Å². The van der Waals surface area contributed by atoms with Gasteiger partial charge in [-0.15, -0.1) is 16.4 Å². The monoisotopic (exact) mass is 328 g/mol. The van der Waals surface area contributed by atoms with Crippen molar-refractivity contribution in [2.24, 2.45) is 0 Å². The lowest BCUT2D eigenvalue weighted by Gasteiger charge is -1.99. The van der Waals surface area contributed by atoms with Crippen LogP contribution in [0.3, 0.4) is 0 Å². The van der Waals surface area contributed by atoms with Crippen molar-refractivity contribution in [3.63, 3.8) is 0 Å². The Balaban J connectivity index is 1.63. The molecule has 2 N–H and O–H groups in total. The number of hydrogen-bond acceptors (Lipinski definition) is 6. The number of thiazole rings is 1. The molecule has 3 rings (SSSR count). The Morgan fingerprint density at radius 1 is 1.35 bits per heavy atom. The summed E-state index contributed by atoms with van der Waals surface area (Å²) in [7, 11) is 0. The summed E-state index contributed by atoms with van der Waals surface area (Å²) >= 11 is 1.57. The van der Waals surface area contributed by atoms with Gasteiger partial charge in [0.15, 0.2) is 5.82 Å². The number of nitrogens with zero attached hydrogens (tertiary/aromatic N) is 4. The first-order valence-electron chi connectivity index (χ1n) is 7.20. The molecule has 0 spiro atoms. The van der Waals surface area contributed by atoms with Crippen molar-refractivity contribution in [2.75, 3.05) is 5.32 Å². The minimum absolute atomic E-state index is 0.197. The lowest BCUT2D eigenvalue weighted by Crippen LogP contribution is -2.15. The molecule has 0 atom stereocenters. The Bertz CT molecular complexity index is 795. The number of amides is 1. The highest BCUT2D eigenvalue weighted by Gasteiger charge is 2.12. The SMILES string of the molecule is CC(C)c1nc(CC(=O)Nc2n[nH]c(-c3ccccn3)n2)cs1. The molecule has 0 fully saturated rings. The standard InChI is InChI=1S/C15H16N6OS/c1-9(2)14-17-10(8-23-14)7-12(22)18-15-19-13(20-21-15)11-5-3-4-6-16-11/h3-6,8-9H,7H2,1-2H3,(H2,18,19,20,21,22). The third-order valence-corrected chi connectivity index (χ3v) is 4.24. The van der Waals surface area contributed by atoms with Gasteiger partial charge < -0.3 is 0 Å². The average Bonchev–Trinajstić information content (AvgIpc) is 3.18. The van der Waals surface area contributed by atoms with Crippen LogP contribution in [0.4, 0.5) is 5.95 Å². The summed E-state index contributed by atoms with van der Waals surface area (Å²) in [6.07, 6.45) is 1.88. The number of H-pyrrole nitrogens is 1. The molecule has 118 valence electrons. The Morgan fingerprint density at radius 2 is 2.22 bits per heavy atom. The fourth-order valence-corrected chi connectivity index (χ4v) is 2.77. The quantitative estimate of drug-likeness (QED) is 0.750. The second kappa shape index (κ2) is 6.66. The van der Waals surface area contributed by atoms with Crippen molar-refractivity contribution >= 4 is 23.2 Å². The zero-order valence-electron chi connectivity index (χ0n) is 12.8. The second-order valence-corrected chi connectivity index (χ2v) is 6.17. The van der Waals surface area contributed by atoms with Crippen LogP contribution in [0.5, 0.6) is 0 Å². The van der Waals surface area contributed by atoms with Gasteiger partial charge in [-0.2, -0.15) is 4.98 Å². The molecule has 8 heteroatoms. The molecule has 3 heterocycles. The molecule has 0 aliphatic carbocycles. The number of hydrogen-bond donors (Lipinski definition) is 2. The first kappa shape index (κ1) is 15.3. The molecule has 3 aromatic heterocycles. The van der Waals surface area contributed by atoms with E-state index in [4.69, 9.17) is 0 Å². The zero-order valence-corrected chi connectivity index (χ0v) is 13.6. The fraction of sp³-hybridized carbons (Fsp3) is 0.267. The second-order valence-electron chi connectivity index (χ2n) is 5.28. The molecule has 1 amide bonds. The van der Waals surface area contributed by atoms with Crippen molar-refractivity contribution in [3.8, 4) is 11.5 Å². The Morgan fingerprint density at radius 3 is 2.91 bits per heavy atom. The largest absolute Gasteiger partial charge is 0.293 e. The maximum Gasteiger partial charge on any atom is 0.249 e. The van der Waals surface area contributed by atoms with E-state index >= 15 is 0 Å². The summed E-state index contributed by atoms with van der Waals surface area (Å²) in [5, 5.41) is 12.3. The minimum Gasteiger partial charge on any atom is -0.293 e. The molecule has 0 unspecified atom stereocenters. The molecular formula is C15H16N6OS. The summed E-state index contributed by atoms with van der Waals surface area (Å²) in [4.78, 5) is 24.9. The highest BCUT2D eigenvalue weighted by atomic mass is 32.1. The van der Waals surface area contributed by atoms with Crippen LogP contribution in [0.15, 0.2) is 29.8 Å². The van der Waals surface area contributed by atoms with Gasteiger partial charge in [0.25, 0.3) is 0 Å². The summed E-state index contributed by atoms with van der Waals surface area (Å²) in [6.45, 7) is 4.16. The van der Waals surface area contributed by atoms with E-state index in [2.05, 4.69) is 44.3 Å². The molecule has 0 saturated heterocycles. The predicted molar refractivity (Wildman–Crippen MR) is 88.2 cm³/mol. The normalized spacial score (nSPS) is 10.9. The molecular weight excluding hydrogens is 312 g/mol. The van der Waals surface area contributed by atoms with E-state index in [1.165, 1.54) is 0 Å². The molecule has 0 bridgehead atoms. The fourth-order valence-electron chi connectivity index (χ4n) is 1.94. The summed E-state index contributed by atoms with van der Waals surface area (Å²) in [5.41, 5.74) is 1.43. The third-order valence-electron chi connectivity index (χ3n) is 3.05. The van der Waals surface area contributed by atoms with E-state index < -0.39 is 0 Å². The first-order chi connectivity index (χ1) is 11.1. The summed E-state index contributed by atoms with van der Waals surface area (Å²) in [5.74, 6) is 0.912. The van der Waals surface area contributed by atoms with E-state index in [0.29, 0.717) is 17.4 Å². The lowest BCUT2D eigenvalue weighted by molar-refractivity contribution is -0.115. The smallest absolute Gasteiger partial charge is 0.249 e. The van der Waals surface area contributed by atoms with Gasteiger partial charge in [0.2, 0.25) is 11.9 Å². The number of rotatable bonds is 5. The van der Waals surface area contributed by atoms with Crippen LogP contribution >= 0.6 is 11.3 Å². The predicted octanol–water partition coefficient (Wildman–Crippen LogP) is 2.63. The molecule has 0 aliphatic heterocycles. The van der Waals surface area contributed by atoms with Gasteiger partial charge in [-0.1, -0.05) is 19.9 Å². The molecule has 7 nitrogen and oxygen atoms in total. The molecule has 0 radical (unpaired) electrons. The third kappa shape index (κ3) is 3.78. The van der Waals surface area contributed by atoms with Crippen molar-refractivity contribution in [3.05, 3.63) is 40.5 Å². The van der Waals surface area contributed by atoms with Crippen LogP contribution in [0.1, 0.15) is 30.5 Å². The zero-order chi connectivity index (χ0) is 16.2. The van der Waals surface area contributed by atoms with Crippen LogP contribution in [0, 0.1) is 0 Å². The minimum atomic E-state index is -0.197. The van der Waals surface area contributed by atoms with Crippen molar-refractivity contribution < 1.29 is 4.79 Å². The average molecular weight is 328 g/mol. The van der Waals surface area contributed by atoms with E-state index in [1.54, 1.807) is 17.5 Å². The number of aromatic nitrogens is 5.